The lowest BCUT2D eigenvalue weighted by Crippen LogP contribution is -2.25. The Hall–Kier alpha value is -1.14. The van der Waals surface area contributed by atoms with E-state index in [2.05, 4.69) is 9.88 Å². The van der Waals surface area contributed by atoms with Crippen LogP contribution in [0.2, 0.25) is 0 Å². The van der Waals surface area contributed by atoms with Crippen LogP contribution >= 0.6 is 11.8 Å². The second kappa shape index (κ2) is 4.18. The van der Waals surface area contributed by atoms with E-state index in [1.165, 1.54) is 6.07 Å². The molecule has 4 rings (SSSR count). The molecule has 1 N–H and O–H groups in total. The number of nitrogens with one attached hydrogen (secondary N) is 1. The van der Waals surface area contributed by atoms with Gasteiger partial charge >= 0.3 is 6.18 Å². The zero-order valence-corrected chi connectivity index (χ0v) is 11.5. The van der Waals surface area contributed by atoms with E-state index < -0.39 is 11.7 Å². The van der Waals surface area contributed by atoms with Crippen LogP contribution < -0.4 is 5.32 Å². The number of hydrogen-bond donors (Lipinski definition) is 1. The summed E-state index contributed by atoms with van der Waals surface area (Å²) < 4.78 is 42.1. The highest BCUT2D eigenvalue weighted by Crippen LogP contribution is 2.44. The molecule has 0 spiro atoms. The number of rotatable bonds is 0. The third kappa shape index (κ3) is 1.64. The number of halogens is 3. The van der Waals surface area contributed by atoms with E-state index in [1.54, 1.807) is 17.8 Å². The minimum atomic E-state index is -4.29. The van der Waals surface area contributed by atoms with Gasteiger partial charge in [0, 0.05) is 47.8 Å². The second-order valence-corrected chi connectivity index (χ2v) is 6.32. The van der Waals surface area contributed by atoms with E-state index in [0.717, 1.165) is 46.9 Å². The molecule has 0 amide bonds. The summed E-state index contributed by atoms with van der Waals surface area (Å²) in [6.45, 7) is 2.19. The molecule has 0 bridgehead atoms. The summed E-state index contributed by atoms with van der Waals surface area (Å²) in [5.74, 6) is 0.933. The van der Waals surface area contributed by atoms with E-state index >= 15 is 0 Å². The topological polar surface area (TPSA) is 17.0 Å². The van der Waals surface area contributed by atoms with Crippen molar-refractivity contribution >= 4 is 22.7 Å². The Morgan fingerprint density at radius 3 is 2.90 bits per heavy atom. The number of hydrogen-bond acceptors (Lipinski definition) is 2. The summed E-state index contributed by atoms with van der Waals surface area (Å²) in [6.07, 6.45) is -3.48. The maximum Gasteiger partial charge on any atom is 0.417 e. The number of fused-ring (bicyclic) bond motifs is 3. The maximum atomic E-state index is 13.3. The van der Waals surface area contributed by atoms with Crippen molar-refractivity contribution in [2.45, 2.75) is 30.6 Å². The van der Waals surface area contributed by atoms with Crippen molar-refractivity contribution in [3.63, 3.8) is 0 Å². The van der Waals surface area contributed by atoms with E-state index in [0.29, 0.717) is 11.9 Å². The predicted molar refractivity (Wildman–Crippen MR) is 73.1 cm³/mol. The summed E-state index contributed by atoms with van der Waals surface area (Å²) >= 11 is 1.66. The number of benzene rings is 1. The van der Waals surface area contributed by atoms with Gasteiger partial charge in [0.25, 0.3) is 0 Å². The van der Waals surface area contributed by atoms with Gasteiger partial charge < -0.3 is 9.88 Å². The molecule has 106 valence electrons. The van der Waals surface area contributed by atoms with Gasteiger partial charge in [-0.1, -0.05) is 0 Å². The van der Waals surface area contributed by atoms with Gasteiger partial charge in [0.1, 0.15) is 0 Å². The SMILES string of the molecule is FC(F)(F)c1ccc2c3c1c1c(n3CCS2)CCNC1. The summed E-state index contributed by atoms with van der Waals surface area (Å²) in [4.78, 5) is 0.980. The monoisotopic (exact) mass is 298 g/mol. The first-order valence-corrected chi connectivity index (χ1v) is 7.63. The molecule has 2 nitrogen and oxygen atoms in total. The first-order valence-electron chi connectivity index (χ1n) is 6.65. The van der Waals surface area contributed by atoms with Crippen molar-refractivity contribution in [1.82, 2.24) is 9.88 Å². The van der Waals surface area contributed by atoms with Gasteiger partial charge in [-0.25, -0.2) is 0 Å². The highest BCUT2D eigenvalue weighted by molar-refractivity contribution is 7.99. The lowest BCUT2D eigenvalue weighted by Gasteiger charge is -2.19. The molecule has 1 aromatic heterocycles. The van der Waals surface area contributed by atoms with E-state index in [1.807, 2.05) is 0 Å². The summed E-state index contributed by atoms with van der Waals surface area (Å²) in [5.41, 5.74) is 2.25. The minimum absolute atomic E-state index is 0.421. The average molecular weight is 298 g/mol. The van der Waals surface area contributed by atoms with Crippen LogP contribution in [0.5, 0.6) is 0 Å². The van der Waals surface area contributed by atoms with Crippen molar-refractivity contribution in [1.29, 1.82) is 0 Å². The molecule has 0 aliphatic carbocycles. The van der Waals surface area contributed by atoms with Crippen molar-refractivity contribution in [2.24, 2.45) is 0 Å². The lowest BCUT2D eigenvalue weighted by atomic mass is 10.0. The van der Waals surface area contributed by atoms with Gasteiger partial charge in [-0.3, -0.25) is 0 Å². The summed E-state index contributed by atoms with van der Waals surface area (Å²) in [7, 11) is 0. The molecule has 1 aromatic carbocycles. The number of nitrogens with zero attached hydrogens (tertiary/aromatic N) is 1. The molecular weight excluding hydrogens is 285 g/mol. The molecule has 0 saturated carbocycles. The fourth-order valence-corrected chi connectivity index (χ4v) is 4.34. The highest BCUT2D eigenvalue weighted by Gasteiger charge is 2.37. The Balaban J connectivity index is 2.15. The van der Waals surface area contributed by atoms with E-state index in [9.17, 15) is 13.2 Å². The molecule has 0 atom stereocenters. The van der Waals surface area contributed by atoms with Gasteiger partial charge in [0.15, 0.2) is 0 Å². The Morgan fingerprint density at radius 2 is 2.10 bits per heavy atom. The van der Waals surface area contributed by atoms with Gasteiger partial charge in [-0.15, -0.1) is 11.8 Å². The van der Waals surface area contributed by atoms with Gasteiger partial charge in [0.05, 0.1) is 11.1 Å². The van der Waals surface area contributed by atoms with Crippen molar-refractivity contribution in [3.8, 4) is 0 Å². The summed E-state index contributed by atoms with van der Waals surface area (Å²) in [6, 6.07) is 2.87. The van der Waals surface area contributed by atoms with Crippen LogP contribution in [0.4, 0.5) is 13.2 Å². The second-order valence-electron chi connectivity index (χ2n) is 5.18. The van der Waals surface area contributed by atoms with Crippen LogP contribution in [0.15, 0.2) is 17.0 Å². The molecular formula is C14H13F3N2S. The molecule has 2 aromatic rings. The third-order valence-corrected chi connectivity index (χ3v) is 5.13. The fraction of sp³-hybridized carbons (Fsp3) is 0.429. The first-order chi connectivity index (χ1) is 9.57. The third-order valence-electron chi connectivity index (χ3n) is 4.10. The van der Waals surface area contributed by atoms with E-state index in [-0.39, 0.29) is 0 Å². The normalized spacial score (nSPS) is 18.4. The quantitative estimate of drug-likeness (QED) is 0.802. The molecule has 3 heterocycles. The Bertz CT molecular complexity index is 703. The van der Waals surface area contributed by atoms with Gasteiger partial charge in [0.2, 0.25) is 0 Å². The zero-order chi connectivity index (χ0) is 13.9. The maximum absolute atomic E-state index is 13.3. The molecule has 6 heteroatoms. The number of alkyl halides is 3. The smallest absolute Gasteiger partial charge is 0.342 e. The molecule has 0 saturated heterocycles. The highest BCUT2D eigenvalue weighted by atomic mass is 32.2. The van der Waals surface area contributed by atoms with Gasteiger partial charge in [-0.2, -0.15) is 13.2 Å². The number of aryl methyl sites for hydroxylation is 1. The Morgan fingerprint density at radius 1 is 1.25 bits per heavy atom. The molecule has 0 fully saturated rings. The number of thioether (sulfide) groups is 1. The van der Waals surface area contributed by atoms with Crippen LogP contribution in [0.25, 0.3) is 10.9 Å². The van der Waals surface area contributed by atoms with E-state index in [4.69, 9.17) is 0 Å². The van der Waals surface area contributed by atoms with Crippen LogP contribution in [0, 0.1) is 0 Å². The molecule has 2 aliphatic rings. The Labute approximate surface area is 118 Å². The van der Waals surface area contributed by atoms with Crippen molar-refractivity contribution in [3.05, 3.63) is 29.0 Å². The molecule has 2 aliphatic heterocycles. The number of aromatic nitrogens is 1. The van der Waals surface area contributed by atoms with Crippen LogP contribution in [-0.2, 0) is 25.7 Å². The van der Waals surface area contributed by atoms with Crippen molar-refractivity contribution < 1.29 is 13.2 Å². The Kier molecular flexibility index (Phi) is 2.63. The summed E-state index contributed by atoms with van der Waals surface area (Å²) in [5, 5.41) is 3.62. The van der Waals surface area contributed by atoms with Gasteiger partial charge in [-0.05, 0) is 17.7 Å². The first kappa shape index (κ1) is 12.6. The molecule has 0 radical (unpaired) electrons. The van der Waals surface area contributed by atoms with Crippen LogP contribution in [-0.4, -0.2) is 16.9 Å². The average Bonchev–Trinajstić information content (AvgIpc) is 2.76. The molecule has 20 heavy (non-hydrogen) atoms. The lowest BCUT2D eigenvalue weighted by molar-refractivity contribution is -0.136. The van der Waals surface area contributed by atoms with Crippen LogP contribution in [0.1, 0.15) is 16.8 Å². The van der Waals surface area contributed by atoms with Crippen LogP contribution in [0.3, 0.4) is 0 Å². The zero-order valence-electron chi connectivity index (χ0n) is 10.7. The standard InChI is InChI=1S/C14H13F3N2S/c15-14(16,17)9-1-2-11-13-12(9)8-7-18-4-3-10(8)19(13)5-6-20-11/h1-2,18H,3-7H2. The largest absolute Gasteiger partial charge is 0.417 e. The fourth-order valence-electron chi connectivity index (χ4n) is 3.33. The minimum Gasteiger partial charge on any atom is -0.342 e. The molecule has 0 unspecified atom stereocenters. The van der Waals surface area contributed by atoms with Crippen molar-refractivity contribution in [2.75, 3.05) is 12.3 Å². The predicted octanol–water partition coefficient (Wildman–Crippen LogP) is 3.41.